The second-order valence-corrected chi connectivity index (χ2v) is 7.72. The highest BCUT2D eigenvalue weighted by Crippen LogP contribution is 2.63. The van der Waals surface area contributed by atoms with Crippen LogP contribution in [-0.2, 0) is 5.41 Å². The Bertz CT molecular complexity index is 1090. The Morgan fingerprint density at radius 3 is 2.12 bits per heavy atom. The highest BCUT2D eigenvalue weighted by Gasteiger charge is 2.52. The monoisotopic (exact) mass is 332 g/mol. The molecule has 26 heavy (non-hydrogen) atoms. The van der Waals surface area contributed by atoms with Crippen molar-refractivity contribution in [3.8, 4) is 11.1 Å². The summed E-state index contributed by atoms with van der Waals surface area (Å²) in [4.78, 5) is 0. The number of hydrogen-bond acceptors (Lipinski definition) is 0. The highest BCUT2D eigenvalue weighted by molar-refractivity contribution is 5.95. The molecule has 3 aromatic carbocycles. The van der Waals surface area contributed by atoms with Gasteiger partial charge in [-0.2, -0.15) is 0 Å². The molecule has 0 nitrogen and oxygen atoms in total. The van der Waals surface area contributed by atoms with Gasteiger partial charge in [0.05, 0.1) is 5.41 Å². The standard InChI is InChI=1S/C26H20/c1-17-14-15-25-21(16-17)20-10-4-7-13-24(20)26(25)22-11-5-2-8-18(22)19-9-3-6-12-23(19)26/h2-3,5-9,11-16H,4,10H2,1H3. The molecule has 0 saturated heterocycles. The number of rotatable bonds is 0. The maximum Gasteiger partial charge on any atom is 0.0722 e. The van der Waals surface area contributed by atoms with Crippen LogP contribution in [0, 0.1) is 6.92 Å². The van der Waals surface area contributed by atoms with Gasteiger partial charge in [0, 0.05) is 0 Å². The fourth-order valence-corrected chi connectivity index (χ4v) is 5.49. The molecule has 0 bridgehead atoms. The summed E-state index contributed by atoms with van der Waals surface area (Å²) < 4.78 is 0. The fraction of sp³-hybridized carbons (Fsp3) is 0.154. The van der Waals surface area contributed by atoms with E-state index < -0.39 is 0 Å². The Kier molecular flexibility index (Phi) is 2.68. The number of benzene rings is 3. The third kappa shape index (κ3) is 1.52. The van der Waals surface area contributed by atoms with Crippen LogP contribution in [0.1, 0.15) is 40.7 Å². The zero-order valence-electron chi connectivity index (χ0n) is 14.9. The molecule has 6 rings (SSSR count). The van der Waals surface area contributed by atoms with Crippen LogP contribution in [-0.4, -0.2) is 0 Å². The maximum absolute atomic E-state index is 2.41. The zero-order chi connectivity index (χ0) is 17.3. The van der Waals surface area contributed by atoms with Crippen molar-refractivity contribution >= 4 is 5.57 Å². The van der Waals surface area contributed by atoms with Crippen LogP contribution >= 0.6 is 0 Å². The lowest BCUT2D eigenvalue weighted by molar-refractivity contribution is 0.780. The van der Waals surface area contributed by atoms with Crippen molar-refractivity contribution in [2.75, 3.05) is 0 Å². The number of fused-ring (bicyclic) bond motifs is 9. The van der Waals surface area contributed by atoms with Crippen molar-refractivity contribution in [3.05, 3.63) is 112 Å². The summed E-state index contributed by atoms with van der Waals surface area (Å²) in [5.41, 5.74) is 12.9. The molecule has 1 spiro atoms. The predicted octanol–water partition coefficient (Wildman–Crippen LogP) is 6.43. The van der Waals surface area contributed by atoms with E-state index in [1.54, 1.807) is 5.57 Å². The highest BCUT2D eigenvalue weighted by atomic mass is 14.5. The van der Waals surface area contributed by atoms with Crippen LogP contribution in [0.25, 0.3) is 16.7 Å². The van der Waals surface area contributed by atoms with Gasteiger partial charge >= 0.3 is 0 Å². The lowest BCUT2D eigenvalue weighted by Crippen LogP contribution is -2.27. The predicted molar refractivity (Wildman–Crippen MR) is 108 cm³/mol. The van der Waals surface area contributed by atoms with Crippen LogP contribution in [0.15, 0.2) is 84.5 Å². The van der Waals surface area contributed by atoms with Gasteiger partial charge in [0.1, 0.15) is 0 Å². The summed E-state index contributed by atoms with van der Waals surface area (Å²) in [5.74, 6) is 0. The van der Waals surface area contributed by atoms with E-state index in [1.165, 1.54) is 44.5 Å². The van der Waals surface area contributed by atoms with Crippen molar-refractivity contribution in [2.24, 2.45) is 0 Å². The molecule has 3 aliphatic carbocycles. The molecule has 0 N–H and O–H groups in total. The lowest BCUT2D eigenvalue weighted by atomic mass is 9.69. The van der Waals surface area contributed by atoms with Crippen molar-refractivity contribution in [2.45, 2.75) is 25.2 Å². The first kappa shape index (κ1) is 14.3. The lowest BCUT2D eigenvalue weighted by Gasteiger charge is -2.32. The maximum atomic E-state index is 2.41. The third-order valence-corrected chi connectivity index (χ3v) is 6.43. The average Bonchev–Trinajstić information content (AvgIpc) is 3.15. The summed E-state index contributed by atoms with van der Waals surface area (Å²) in [6.07, 6.45) is 7.07. The van der Waals surface area contributed by atoms with Gasteiger partial charge in [0.25, 0.3) is 0 Å². The quantitative estimate of drug-likeness (QED) is 0.445. The van der Waals surface area contributed by atoms with Crippen LogP contribution < -0.4 is 0 Å². The first-order chi connectivity index (χ1) is 12.8. The van der Waals surface area contributed by atoms with Crippen LogP contribution in [0.2, 0.25) is 0 Å². The molecule has 0 aliphatic heterocycles. The molecule has 0 fully saturated rings. The number of hydrogen-bond donors (Lipinski definition) is 0. The Balaban J connectivity index is 1.83. The molecule has 3 aromatic rings. The van der Waals surface area contributed by atoms with Gasteiger partial charge in [-0.3, -0.25) is 0 Å². The molecule has 0 heterocycles. The van der Waals surface area contributed by atoms with Gasteiger partial charge < -0.3 is 0 Å². The molecule has 0 aromatic heterocycles. The molecule has 124 valence electrons. The van der Waals surface area contributed by atoms with E-state index >= 15 is 0 Å². The Labute approximate surface area is 154 Å². The summed E-state index contributed by atoms with van der Waals surface area (Å²) >= 11 is 0. The van der Waals surface area contributed by atoms with Crippen molar-refractivity contribution in [1.82, 2.24) is 0 Å². The topological polar surface area (TPSA) is 0 Å². The first-order valence-corrected chi connectivity index (χ1v) is 9.53. The van der Waals surface area contributed by atoms with Crippen molar-refractivity contribution < 1.29 is 0 Å². The Morgan fingerprint density at radius 2 is 1.38 bits per heavy atom. The largest absolute Gasteiger partial charge is 0.0839 e. The minimum absolute atomic E-state index is 0.136. The molecule has 0 radical (unpaired) electrons. The molecule has 0 saturated carbocycles. The van der Waals surface area contributed by atoms with Crippen molar-refractivity contribution in [1.29, 1.82) is 0 Å². The van der Waals surface area contributed by atoms with Gasteiger partial charge in [-0.05, 0) is 64.3 Å². The molecule has 0 unspecified atom stereocenters. The van der Waals surface area contributed by atoms with Gasteiger partial charge in [-0.1, -0.05) is 84.4 Å². The van der Waals surface area contributed by atoms with Crippen LogP contribution in [0.5, 0.6) is 0 Å². The Morgan fingerprint density at radius 1 is 0.731 bits per heavy atom. The summed E-state index contributed by atoms with van der Waals surface area (Å²) in [7, 11) is 0. The minimum Gasteiger partial charge on any atom is -0.0839 e. The summed E-state index contributed by atoms with van der Waals surface area (Å²) in [5, 5.41) is 0. The third-order valence-electron chi connectivity index (χ3n) is 6.43. The molecular weight excluding hydrogens is 312 g/mol. The molecule has 3 aliphatic rings. The van der Waals surface area contributed by atoms with Crippen LogP contribution in [0.3, 0.4) is 0 Å². The van der Waals surface area contributed by atoms with Gasteiger partial charge in [0.15, 0.2) is 0 Å². The second kappa shape index (κ2) is 4.86. The first-order valence-electron chi connectivity index (χ1n) is 9.53. The average molecular weight is 332 g/mol. The van der Waals surface area contributed by atoms with Gasteiger partial charge in [0.2, 0.25) is 0 Å². The smallest absolute Gasteiger partial charge is 0.0722 e. The number of aryl methyl sites for hydroxylation is 1. The van der Waals surface area contributed by atoms with E-state index in [-0.39, 0.29) is 5.41 Å². The van der Waals surface area contributed by atoms with Gasteiger partial charge in [-0.15, -0.1) is 0 Å². The minimum atomic E-state index is -0.136. The van der Waals surface area contributed by atoms with E-state index in [2.05, 4.69) is 85.8 Å². The SMILES string of the molecule is Cc1ccc2c(c1)C1=C(C=CCC1)C21c2ccccc2-c2ccccc21. The van der Waals surface area contributed by atoms with E-state index in [1.807, 2.05) is 0 Å². The van der Waals surface area contributed by atoms with Gasteiger partial charge in [-0.25, -0.2) is 0 Å². The second-order valence-electron chi connectivity index (χ2n) is 7.72. The summed E-state index contributed by atoms with van der Waals surface area (Å²) in [6.45, 7) is 2.21. The van der Waals surface area contributed by atoms with Crippen molar-refractivity contribution in [3.63, 3.8) is 0 Å². The zero-order valence-corrected chi connectivity index (χ0v) is 14.9. The van der Waals surface area contributed by atoms with E-state index in [0.29, 0.717) is 0 Å². The van der Waals surface area contributed by atoms with Crippen LogP contribution in [0.4, 0.5) is 0 Å². The fourth-order valence-electron chi connectivity index (χ4n) is 5.49. The molecule has 0 heteroatoms. The van der Waals surface area contributed by atoms with E-state index in [0.717, 1.165) is 12.8 Å². The molecule has 0 amide bonds. The normalized spacial score (nSPS) is 17.9. The van der Waals surface area contributed by atoms with E-state index in [4.69, 9.17) is 0 Å². The number of allylic oxidation sites excluding steroid dienone is 4. The molecule has 0 atom stereocenters. The summed E-state index contributed by atoms with van der Waals surface area (Å²) in [6, 6.07) is 25.1. The molecular formula is C26H20. The Hall–Kier alpha value is -2.86. The van der Waals surface area contributed by atoms with E-state index in [9.17, 15) is 0 Å².